The van der Waals surface area contributed by atoms with E-state index in [1.165, 1.54) is 14.2 Å². The summed E-state index contributed by atoms with van der Waals surface area (Å²) in [5, 5.41) is 8.63. The summed E-state index contributed by atoms with van der Waals surface area (Å²) in [4.78, 5) is 60.6. The minimum atomic E-state index is -0.567. The topological polar surface area (TPSA) is 226 Å². The average molecular weight is 852 g/mol. The van der Waals surface area contributed by atoms with Gasteiger partial charge in [0.2, 0.25) is 0 Å². The number of hydrazine groups is 1. The second-order valence-electron chi connectivity index (χ2n) is 14.0. The van der Waals surface area contributed by atoms with Crippen LogP contribution in [0, 0.1) is 0 Å². The van der Waals surface area contributed by atoms with Crippen molar-refractivity contribution < 1.29 is 38.1 Å². The largest absolute Gasteiger partial charge is 0.496 e. The van der Waals surface area contributed by atoms with Crippen molar-refractivity contribution in [1.82, 2.24) is 41.0 Å². The number of pyridine rings is 2. The lowest BCUT2D eigenvalue weighted by molar-refractivity contribution is 0.0932. The number of carbonyl (C=O) groups excluding carboxylic acids is 4. The minimum Gasteiger partial charge on any atom is -0.496 e. The van der Waals surface area contributed by atoms with Gasteiger partial charge in [0.25, 0.3) is 11.8 Å². The molecule has 0 aliphatic carbocycles. The first-order valence-electron chi connectivity index (χ1n) is 20.0. The van der Waals surface area contributed by atoms with Crippen LogP contribution in [0.1, 0.15) is 47.4 Å². The molecule has 0 spiro atoms. The second-order valence-corrected chi connectivity index (χ2v) is 14.0. The zero-order valence-electron chi connectivity index (χ0n) is 34.9. The van der Waals surface area contributed by atoms with E-state index in [1.54, 1.807) is 65.6 Å². The zero-order chi connectivity index (χ0) is 44.5. The molecular formula is C46H45N9O8. The van der Waals surface area contributed by atoms with Crippen molar-refractivity contribution >= 4 is 67.5 Å². The van der Waals surface area contributed by atoms with Crippen LogP contribution in [0.4, 0.5) is 9.59 Å². The fourth-order valence-corrected chi connectivity index (χ4v) is 6.67. The van der Waals surface area contributed by atoms with Crippen molar-refractivity contribution in [3.05, 3.63) is 121 Å². The number of rotatable bonds is 12. The molecule has 0 fully saturated rings. The molecular weight excluding hydrogens is 807 g/mol. The Morgan fingerprint density at radius 1 is 0.667 bits per heavy atom. The molecule has 17 nitrogen and oxygen atoms in total. The first-order valence-corrected chi connectivity index (χ1v) is 20.0. The summed E-state index contributed by atoms with van der Waals surface area (Å²) < 4.78 is 24.4. The number of ether oxygens (including phenoxy) is 4. The van der Waals surface area contributed by atoms with Crippen molar-refractivity contribution in [2.24, 2.45) is 5.73 Å². The maximum atomic E-state index is 12.9. The maximum absolute atomic E-state index is 12.9. The highest BCUT2D eigenvalue weighted by atomic mass is 16.5. The molecule has 0 unspecified atom stereocenters. The SMILES string of the molecule is CCCNC(=O)NNC(=O)c1cc2c(Oc3ccc4c(ccn4C(=O)NCCC)c3)ccnc2cc1OC.COc1cc2nccc(Oc3ccc4[nH]ccc4c3)c2cc1C(N)=O. The molecule has 7 N–H and O–H groups in total. The minimum absolute atomic E-state index is 0.187. The van der Waals surface area contributed by atoms with Crippen molar-refractivity contribution in [2.75, 3.05) is 27.3 Å². The molecule has 322 valence electrons. The summed E-state index contributed by atoms with van der Waals surface area (Å²) >= 11 is 0. The summed E-state index contributed by atoms with van der Waals surface area (Å²) in [7, 11) is 2.93. The molecule has 0 bridgehead atoms. The van der Waals surface area contributed by atoms with Crippen LogP contribution in [0.2, 0.25) is 0 Å². The van der Waals surface area contributed by atoms with Gasteiger partial charge in [0.15, 0.2) is 0 Å². The number of fused-ring (bicyclic) bond motifs is 4. The standard InChI is InChI=1S/C27H30N6O5.C19H15N3O3/c1-4-10-29-26(35)32-31-25(34)20-15-19-21(16-24(20)37-3)28-12-8-23(19)38-18-6-7-22-17(14-18)9-13-33(22)27(36)30-11-5-2;1-24-18-10-16-13(9-14(18)19(20)23)17(5-7-22-16)25-12-2-3-15-11(8-12)4-6-21-15/h6-9,12-16H,4-5,10-11H2,1-3H3,(H,30,36)(H,31,34)(H2,29,32,35);2-10,21H,1H3,(H2,20,23). The molecule has 0 radical (unpaired) electrons. The van der Waals surface area contributed by atoms with E-state index in [2.05, 4.69) is 36.4 Å². The number of nitrogens with one attached hydrogen (secondary N) is 5. The molecule has 4 heterocycles. The van der Waals surface area contributed by atoms with E-state index in [4.69, 9.17) is 24.7 Å². The molecule has 0 aliphatic heterocycles. The summed E-state index contributed by atoms with van der Waals surface area (Å²) in [5.41, 5.74) is 13.6. The van der Waals surface area contributed by atoms with Crippen LogP contribution in [-0.4, -0.2) is 70.7 Å². The number of methoxy groups -OCH3 is 2. The van der Waals surface area contributed by atoms with Gasteiger partial charge in [-0.15, -0.1) is 0 Å². The highest BCUT2D eigenvalue weighted by Gasteiger charge is 2.19. The Hall–Kier alpha value is -8.34. The number of aromatic amines is 1. The van der Waals surface area contributed by atoms with Gasteiger partial charge in [0, 0.05) is 77.1 Å². The number of amides is 5. The van der Waals surface area contributed by atoms with Crippen LogP contribution in [-0.2, 0) is 0 Å². The average Bonchev–Trinajstić information content (AvgIpc) is 3.96. The molecule has 0 atom stereocenters. The number of aromatic nitrogens is 4. The predicted octanol–water partition coefficient (Wildman–Crippen LogP) is 7.93. The number of H-pyrrole nitrogens is 1. The number of nitrogens with two attached hydrogens (primary N) is 1. The van der Waals surface area contributed by atoms with E-state index < -0.39 is 17.8 Å². The van der Waals surface area contributed by atoms with Crippen molar-refractivity contribution in [1.29, 1.82) is 0 Å². The van der Waals surface area contributed by atoms with Crippen molar-refractivity contribution in [3.8, 4) is 34.5 Å². The molecule has 0 aliphatic rings. The van der Waals surface area contributed by atoms with Crippen molar-refractivity contribution in [2.45, 2.75) is 26.7 Å². The van der Waals surface area contributed by atoms with Gasteiger partial charge < -0.3 is 40.3 Å². The smallest absolute Gasteiger partial charge is 0.333 e. The van der Waals surface area contributed by atoms with E-state index in [-0.39, 0.29) is 17.2 Å². The predicted molar refractivity (Wildman–Crippen MR) is 239 cm³/mol. The van der Waals surface area contributed by atoms with Gasteiger partial charge in [-0.3, -0.25) is 29.5 Å². The number of primary amides is 1. The Morgan fingerprint density at radius 3 is 1.90 bits per heavy atom. The van der Waals surface area contributed by atoms with Crippen LogP contribution in [0.3, 0.4) is 0 Å². The molecule has 8 aromatic rings. The Morgan fingerprint density at radius 2 is 1.27 bits per heavy atom. The molecule has 4 aromatic carbocycles. The van der Waals surface area contributed by atoms with Crippen LogP contribution < -0.4 is 46.2 Å². The van der Waals surface area contributed by atoms with Crippen LogP contribution >= 0.6 is 0 Å². The monoisotopic (exact) mass is 851 g/mol. The normalized spacial score (nSPS) is 10.8. The lowest BCUT2D eigenvalue weighted by Crippen LogP contribution is -2.47. The Bertz CT molecular complexity index is 2980. The highest BCUT2D eigenvalue weighted by Crippen LogP contribution is 2.36. The number of carbonyl (C=O) groups is 4. The fraction of sp³-hybridized carbons (Fsp3) is 0.174. The van der Waals surface area contributed by atoms with E-state index in [9.17, 15) is 19.2 Å². The fourth-order valence-electron chi connectivity index (χ4n) is 6.67. The lowest BCUT2D eigenvalue weighted by atomic mass is 10.1. The molecule has 63 heavy (non-hydrogen) atoms. The lowest BCUT2D eigenvalue weighted by Gasteiger charge is -2.14. The van der Waals surface area contributed by atoms with Gasteiger partial charge in [-0.25, -0.2) is 15.0 Å². The molecule has 4 aromatic heterocycles. The van der Waals surface area contributed by atoms with Gasteiger partial charge >= 0.3 is 12.1 Å². The third-order valence-electron chi connectivity index (χ3n) is 9.77. The third kappa shape index (κ3) is 9.68. The van der Waals surface area contributed by atoms with E-state index in [0.717, 1.165) is 34.6 Å². The van der Waals surface area contributed by atoms with Gasteiger partial charge in [-0.2, -0.15) is 0 Å². The zero-order valence-corrected chi connectivity index (χ0v) is 34.9. The first kappa shape index (κ1) is 42.8. The molecule has 0 saturated heterocycles. The van der Waals surface area contributed by atoms with Gasteiger partial charge in [0.1, 0.15) is 34.5 Å². The van der Waals surface area contributed by atoms with Crippen LogP contribution in [0.15, 0.2) is 110 Å². The van der Waals surface area contributed by atoms with Crippen LogP contribution in [0.5, 0.6) is 34.5 Å². The molecule has 5 amide bonds. The number of nitrogens with zero attached hydrogens (tertiary/aromatic N) is 3. The molecule has 8 rings (SSSR count). The third-order valence-corrected chi connectivity index (χ3v) is 9.77. The summed E-state index contributed by atoms with van der Waals surface area (Å²) in [6, 6.07) is 24.3. The summed E-state index contributed by atoms with van der Waals surface area (Å²) in [6.07, 6.45) is 8.46. The second kappa shape index (κ2) is 19.4. The summed E-state index contributed by atoms with van der Waals surface area (Å²) in [5.74, 6) is 1.85. The Kier molecular flexibility index (Phi) is 13.1. The van der Waals surface area contributed by atoms with Gasteiger partial charge in [0.05, 0.1) is 41.9 Å². The van der Waals surface area contributed by atoms with E-state index >= 15 is 0 Å². The van der Waals surface area contributed by atoms with Crippen LogP contribution in [0.25, 0.3) is 43.6 Å². The Labute approximate surface area is 360 Å². The molecule has 17 heteroatoms. The number of urea groups is 1. The first-order chi connectivity index (χ1) is 30.6. The maximum Gasteiger partial charge on any atom is 0.333 e. The highest BCUT2D eigenvalue weighted by molar-refractivity contribution is 6.03. The Balaban J connectivity index is 0.000000205. The number of hydrogen-bond acceptors (Lipinski definition) is 10. The molecule has 0 saturated carbocycles. The van der Waals surface area contributed by atoms with Crippen molar-refractivity contribution in [3.63, 3.8) is 0 Å². The number of benzene rings is 4. The quantitative estimate of drug-likeness (QED) is 0.0651. The van der Waals surface area contributed by atoms with Gasteiger partial charge in [-0.1, -0.05) is 13.8 Å². The summed E-state index contributed by atoms with van der Waals surface area (Å²) in [6.45, 7) is 5.00. The van der Waals surface area contributed by atoms with Gasteiger partial charge in [-0.05, 0) is 85.6 Å². The van der Waals surface area contributed by atoms with E-state index in [0.29, 0.717) is 69.4 Å². The van der Waals surface area contributed by atoms with E-state index in [1.807, 2.05) is 62.5 Å². The number of hydrogen-bond donors (Lipinski definition) is 6.